The normalized spacial score (nSPS) is 25.5. The first kappa shape index (κ1) is 10.6. The maximum Gasteiger partial charge on any atom is 0.224 e. The molecule has 0 saturated carbocycles. The van der Waals surface area contributed by atoms with E-state index in [-0.39, 0.29) is 11.3 Å². The second kappa shape index (κ2) is 4.30. The minimum atomic E-state index is -0.502. The van der Waals surface area contributed by atoms with Crippen LogP contribution >= 0.6 is 11.6 Å². The van der Waals surface area contributed by atoms with Crippen LogP contribution < -0.4 is 5.32 Å². The first-order valence-corrected chi connectivity index (χ1v) is 5.06. The van der Waals surface area contributed by atoms with Crippen LogP contribution in [0.4, 0.5) is 5.82 Å². The van der Waals surface area contributed by atoms with Crippen molar-refractivity contribution in [2.24, 2.45) is 0 Å². The quantitative estimate of drug-likeness (QED) is 0.728. The van der Waals surface area contributed by atoms with Crippen LogP contribution in [-0.2, 0) is 4.74 Å². The molecule has 82 valence electrons. The maximum atomic E-state index is 9.55. The average molecular weight is 230 g/mol. The summed E-state index contributed by atoms with van der Waals surface area (Å²) in [5.74, 6) is 0.643. The molecule has 6 heteroatoms. The van der Waals surface area contributed by atoms with Gasteiger partial charge < -0.3 is 15.2 Å². The Morgan fingerprint density at radius 2 is 2.40 bits per heavy atom. The molecular weight excluding hydrogens is 218 g/mol. The summed E-state index contributed by atoms with van der Waals surface area (Å²) in [4.78, 5) is 7.90. The highest BCUT2D eigenvalue weighted by molar-refractivity contribution is 6.28. The molecule has 0 radical (unpaired) electrons. The van der Waals surface area contributed by atoms with E-state index in [0.717, 1.165) is 5.56 Å². The van der Waals surface area contributed by atoms with Crippen molar-refractivity contribution in [3.8, 4) is 0 Å². The fourth-order valence-electron chi connectivity index (χ4n) is 1.42. The van der Waals surface area contributed by atoms with Gasteiger partial charge in [0, 0.05) is 11.8 Å². The number of aryl methyl sites for hydroxylation is 1. The van der Waals surface area contributed by atoms with Gasteiger partial charge in [-0.05, 0) is 18.5 Å². The number of aromatic nitrogens is 2. The van der Waals surface area contributed by atoms with E-state index in [9.17, 15) is 5.11 Å². The summed E-state index contributed by atoms with van der Waals surface area (Å²) in [5.41, 5.74) is 0.888. The third kappa shape index (κ3) is 2.37. The third-order valence-corrected chi connectivity index (χ3v) is 2.50. The fraction of sp³-hybridized carbons (Fsp3) is 0.556. The molecule has 0 bridgehead atoms. The number of nitrogens with zero attached hydrogens (tertiary/aromatic N) is 2. The molecule has 5 nitrogen and oxygen atoms in total. The van der Waals surface area contributed by atoms with Crippen molar-refractivity contribution in [2.75, 3.05) is 18.5 Å². The topological polar surface area (TPSA) is 67.3 Å². The molecule has 1 aromatic rings. The van der Waals surface area contributed by atoms with Gasteiger partial charge in [-0.15, -0.1) is 0 Å². The highest BCUT2D eigenvalue weighted by Gasteiger charge is 2.26. The zero-order chi connectivity index (χ0) is 10.8. The summed E-state index contributed by atoms with van der Waals surface area (Å²) in [6.07, 6.45) is 1.14. The maximum absolute atomic E-state index is 9.55. The van der Waals surface area contributed by atoms with E-state index >= 15 is 0 Å². The molecule has 0 spiro atoms. The first-order valence-electron chi connectivity index (χ1n) is 4.68. The van der Waals surface area contributed by atoms with E-state index in [0.29, 0.717) is 19.0 Å². The molecule has 0 aromatic carbocycles. The molecule has 1 fully saturated rings. The number of ether oxygens (including phenoxy) is 1. The minimum absolute atomic E-state index is 0.130. The molecule has 2 N–H and O–H groups in total. The number of halogens is 1. The molecule has 1 saturated heterocycles. The molecule has 1 aliphatic heterocycles. The van der Waals surface area contributed by atoms with Crippen LogP contribution in [0.15, 0.2) is 6.20 Å². The number of nitrogens with one attached hydrogen (secondary N) is 1. The Bertz CT molecular complexity index is 361. The first-order chi connectivity index (χ1) is 7.16. The number of anilines is 1. The Balaban J connectivity index is 2.12. The van der Waals surface area contributed by atoms with E-state index < -0.39 is 6.10 Å². The molecule has 15 heavy (non-hydrogen) atoms. The minimum Gasteiger partial charge on any atom is -0.388 e. The zero-order valence-electron chi connectivity index (χ0n) is 8.27. The van der Waals surface area contributed by atoms with E-state index in [1.807, 2.05) is 6.92 Å². The predicted molar refractivity (Wildman–Crippen MR) is 56.0 cm³/mol. The molecular formula is C9H12ClN3O2. The van der Waals surface area contributed by atoms with Gasteiger partial charge >= 0.3 is 0 Å². The van der Waals surface area contributed by atoms with Gasteiger partial charge in [-0.3, -0.25) is 0 Å². The largest absolute Gasteiger partial charge is 0.388 e. The summed E-state index contributed by atoms with van der Waals surface area (Å²) in [6, 6.07) is -0.130. The Morgan fingerprint density at radius 1 is 1.60 bits per heavy atom. The molecule has 2 atom stereocenters. The summed E-state index contributed by atoms with van der Waals surface area (Å²) in [6.45, 7) is 2.71. The molecule has 1 aromatic heterocycles. The Labute approximate surface area is 92.5 Å². The average Bonchev–Trinajstić information content (AvgIpc) is 2.58. The lowest BCUT2D eigenvalue weighted by molar-refractivity contribution is 0.125. The molecule has 1 aliphatic rings. The summed E-state index contributed by atoms with van der Waals surface area (Å²) in [5, 5.41) is 12.8. The van der Waals surface area contributed by atoms with Gasteiger partial charge in [-0.1, -0.05) is 0 Å². The second-order valence-electron chi connectivity index (χ2n) is 3.53. The molecule has 2 heterocycles. The van der Waals surface area contributed by atoms with Crippen molar-refractivity contribution in [2.45, 2.75) is 19.1 Å². The van der Waals surface area contributed by atoms with E-state index in [4.69, 9.17) is 16.3 Å². The predicted octanol–water partition coefficient (Wildman–Crippen LogP) is 0.610. The SMILES string of the molecule is Cc1cnc(Cl)nc1N[C@@H]1COC[C@H]1O. The van der Waals surface area contributed by atoms with Gasteiger partial charge in [0.25, 0.3) is 0 Å². The Hall–Kier alpha value is -0.910. The fourth-order valence-corrected chi connectivity index (χ4v) is 1.56. The standard InChI is InChI=1S/C9H12ClN3O2/c1-5-2-11-9(10)13-8(5)12-6-3-15-4-7(6)14/h2,6-7,14H,3-4H2,1H3,(H,11,12,13)/t6-,7-/m1/s1. The van der Waals surface area contributed by atoms with Crippen molar-refractivity contribution in [3.63, 3.8) is 0 Å². The van der Waals surface area contributed by atoms with Crippen molar-refractivity contribution in [3.05, 3.63) is 17.0 Å². The van der Waals surface area contributed by atoms with Crippen molar-refractivity contribution >= 4 is 17.4 Å². The summed E-state index contributed by atoms with van der Waals surface area (Å²) in [7, 11) is 0. The Morgan fingerprint density at radius 3 is 3.07 bits per heavy atom. The van der Waals surface area contributed by atoms with Gasteiger partial charge in [-0.2, -0.15) is 0 Å². The Kier molecular flexibility index (Phi) is 3.04. The summed E-state index contributed by atoms with van der Waals surface area (Å²) >= 11 is 5.68. The highest BCUT2D eigenvalue weighted by atomic mass is 35.5. The van der Waals surface area contributed by atoms with Crippen molar-refractivity contribution in [1.29, 1.82) is 0 Å². The van der Waals surface area contributed by atoms with Crippen LogP contribution in [0, 0.1) is 6.92 Å². The smallest absolute Gasteiger partial charge is 0.224 e. The van der Waals surface area contributed by atoms with Crippen LogP contribution in [0.2, 0.25) is 5.28 Å². The lowest BCUT2D eigenvalue weighted by Crippen LogP contribution is -2.32. The van der Waals surface area contributed by atoms with E-state index in [1.165, 1.54) is 0 Å². The zero-order valence-corrected chi connectivity index (χ0v) is 9.03. The van der Waals surface area contributed by atoms with Crippen LogP contribution in [0.1, 0.15) is 5.56 Å². The van der Waals surface area contributed by atoms with Gasteiger partial charge in [0.05, 0.1) is 25.4 Å². The number of aliphatic hydroxyl groups excluding tert-OH is 1. The van der Waals surface area contributed by atoms with E-state index in [2.05, 4.69) is 15.3 Å². The van der Waals surface area contributed by atoms with Crippen LogP contribution in [-0.4, -0.2) is 40.4 Å². The number of aliphatic hydroxyl groups is 1. The molecule has 0 aliphatic carbocycles. The van der Waals surface area contributed by atoms with Crippen LogP contribution in [0.25, 0.3) is 0 Å². The number of hydrogen-bond acceptors (Lipinski definition) is 5. The van der Waals surface area contributed by atoms with Gasteiger partial charge in [-0.25, -0.2) is 9.97 Å². The van der Waals surface area contributed by atoms with Gasteiger partial charge in [0.15, 0.2) is 0 Å². The van der Waals surface area contributed by atoms with Gasteiger partial charge in [0.1, 0.15) is 5.82 Å². The van der Waals surface area contributed by atoms with E-state index in [1.54, 1.807) is 6.20 Å². The van der Waals surface area contributed by atoms with Crippen molar-refractivity contribution in [1.82, 2.24) is 9.97 Å². The van der Waals surface area contributed by atoms with Crippen molar-refractivity contribution < 1.29 is 9.84 Å². The third-order valence-electron chi connectivity index (χ3n) is 2.31. The lowest BCUT2D eigenvalue weighted by Gasteiger charge is -2.16. The van der Waals surface area contributed by atoms with Crippen LogP contribution in [0.5, 0.6) is 0 Å². The van der Waals surface area contributed by atoms with Gasteiger partial charge in [0.2, 0.25) is 5.28 Å². The lowest BCUT2D eigenvalue weighted by atomic mass is 10.2. The molecule has 2 rings (SSSR count). The molecule has 0 unspecified atom stereocenters. The highest BCUT2D eigenvalue weighted by Crippen LogP contribution is 2.17. The second-order valence-corrected chi connectivity index (χ2v) is 3.86. The number of rotatable bonds is 2. The number of hydrogen-bond donors (Lipinski definition) is 2. The summed E-state index contributed by atoms with van der Waals surface area (Å²) < 4.78 is 5.12. The van der Waals surface area contributed by atoms with Crippen LogP contribution in [0.3, 0.4) is 0 Å². The monoisotopic (exact) mass is 229 g/mol. The molecule has 0 amide bonds.